The molecule has 8 nitrogen and oxygen atoms in total. The lowest BCUT2D eigenvalue weighted by molar-refractivity contribution is -0.118. The fraction of sp³-hybridized carbons (Fsp3) is 0.368. The average molecular weight is 369 g/mol. The Hall–Kier alpha value is -3.16. The summed E-state index contributed by atoms with van der Waals surface area (Å²) in [4.78, 5) is 36.1. The highest BCUT2D eigenvalue weighted by molar-refractivity contribution is 6.04. The number of carbonyl (C=O) groups is 2. The third-order valence-electron chi connectivity index (χ3n) is 4.28. The van der Waals surface area contributed by atoms with Gasteiger partial charge in [-0.2, -0.15) is 0 Å². The minimum atomic E-state index is -0.319. The van der Waals surface area contributed by atoms with Gasteiger partial charge in [-0.3, -0.25) is 9.59 Å². The highest BCUT2D eigenvalue weighted by Crippen LogP contribution is 2.24. The maximum Gasteiger partial charge on any atom is 0.274 e. The molecule has 0 unspecified atom stereocenters. The summed E-state index contributed by atoms with van der Waals surface area (Å²) in [6.07, 6.45) is 0.858. The second kappa shape index (κ2) is 8.48. The monoisotopic (exact) mass is 369 g/mol. The number of para-hydroxylation sites is 2. The lowest BCUT2D eigenvalue weighted by atomic mass is 10.2. The maximum absolute atomic E-state index is 12.7. The number of nitrogens with zero attached hydrogens (tertiary/aromatic N) is 4. The van der Waals surface area contributed by atoms with E-state index in [0.717, 1.165) is 6.41 Å². The zero-order valence-corrected chi connectivity index (χ0v) is 15.5. The van der Waals surface area contributed by atoms with Gasteiger partial charge in [0.1, 0.15) is 23.1 Å². The summed E-state index contributed by atoms with van der Waals surface area (Å²) in [5.74, 6) is 1.51. The number of ether oxygens (including phenoxy) is 1. The molecule has 1 aromatic carbocycles. The van der Waals surface area contributed by atoms with Gasteiger partial charge in [0.25, 0.3) is 5.91 Å². The smallest absolute Gasteiger partial charge is 0.274 e. The molecule has 1 fully saturated rings. The van der Waals surface area contributed by atoms with Gasteiger partial charge in [0.05, 0.1) is 12.3 Å². The highest BCUT2D eigenvalue weighted by Gasteiger charge is 2.20. The van der Waals surface area contributed by atoms with Crippen molar-refractivity contribution < 1.29 is 14.3 Å². The van der Waals surface area contributed by atoms with Gasteiger partial charge in [0.15, 0.2) is 0 Å². The molecule has 0 bridgehead atoms. The first kappa shape index (κ1) is 18.6. The Kier molecular flexibility index (Phi) is 5.85. The number of amides is 2. The molecule has 2 aromatic rings. The molecule has 0 spiro atoms. The molecule has 142 valence electrons. The molecule has 0 aliphatic carbocycles. The minimum absolute atomic E-state index is 0.293. The SMILES string of the molecule is CCOc1ccccc1NC(=O)c1cc(N2CCN(C=O)CC2)nc(C)n1. The number of benzene rings is 1. The number of aryl methyl sites for hydroxylation is 1. The molecule has 2 amide bonds. The molecule has 27 heavy (non-hydrogen) atoms. The molecular weight excluding hydrogens is 346 g/mol. The first-order valence-electron chi connectivity index (χ1n) is 8.94. The Morgan fingerprint density at radius 3 is 2.67 bits per heavy atom. The second-order valence-corrected chi connectivity index (χ2v) is 6.17. The molecule has 0 saturated carbocycles. The van der Waals surface area contributed by atoms with E-state index in [1.54, 1.807) is 24.0 Å². The topological polar surface area (TPSA) is 87.7 Å². The van der Waals surface area contributed by atoms with Gasteiger partial charge in [0, 0.05) is 32.2 Å². The van der Waals surface area contributed by atoms with E-state index in [2.05, 4.69) is 20.2 Å². The van der Waals surface area contributed by atoms with Gasteiger partial charge in [0.2, 0.25) is 6.41 Å². The van der Waals surface area contributed by atoms with Crippen LogP contribution in [0.2, 0.25) is 0 Å². The largest absolute Gasteiger partial charge is 0.492 e. The Labute approximate surface area is 158 Å². The molecule has 0 radical (unpaired) electrons. The van der Waals surface area contributed by atoms with Crippen molar-refractivity contribution in [2.24, 2.45) is 0 Å². The number of piperazine rings is 1. The van der Waals surface area contributed by atoms with Gasteiger partial charge >= 0.3 is 0 Å². The van der Waals surface area contributed by atoms with Crippen molar-refractivity contribution in [1.29, 1.82) is 0 Å². The van der Waals surface area contributed by atoms with Crippen LogP contribution in [-0.2, 0) is 4.79 Å². The van der Waals surface area contributed by atoms with E-state index in [1.165, 1.54) is 0 Å². The normalized spacial score (nSPS) is 14.0. The molecule has 1 aliphatic heterocycles. The van der Waals surface area contributed by atoms with Gasteiger partial charge < -0.3 is 19.9 Å². The van der Waals surface area contributed by atoms with E-state index in [0.29, 0.717) is 61.6 Å². The number of rotatable bonds is 6. The van der Waals surface area contributed by atoms with E-state index in [9.17, 15) is 9.59 Å². The van der Waals surface area contributed by atoms with Crippen LogP contribution in [0.25, 0.3) is 0 Å². The number of aromatic nitrogens is 2. The van der Waals surface area contributed by atoms with Gasteiger partial charge in [-0.1, -0.05) is 12.1 Å². The van der Waals surface area contributed by atoms with Crippen LogP contribution in [-0.4, -0.2) is 60.0 Å². The Morgan fingerprint density at radius 1 is 1.22 bits per heavy atom. The number of carbonyl (C=O) groups excluding carboxylic acids is 2. The quantitative estimate of drug-likeness (QED) is 0.780. The summed E-state index contributed by atoms with van der Waals surface area (Å²) in [7, 11) is 0. The summed E-state index contributed by atoms with van der Waals surface area (Å²) in [5, 5.41) is 2.86. The Bertz CT molecular complexity index is 819. The van der Waals surface area contributed by atoms with E-state index in [4.69, 9.17) is 4.74 Å². The van der Waals surface area contributed by atoms with E-state index >= 15 is 0 Å². The molecular formula is C19H23N5O3. The van der Waals surface area contributed by atoms with Crippen molar-refractivity contribution in [3.8, 4) is 5.75 Å². The Balaban J connectivity index is 1.78. The first-order valence-corrected chi connectivity index (χ1v) is 8.94. The zero-order valence-electron chi connectivity index (χ0n) is 15.5. The number of anilines is 2. The van der Waals surface area contributed by atoms with Crippen molar-refractivity contribution in [3.63, 3.8) is 0 Å². The van der Waals surface area contributed by atoms with Gasteiger partial charge in [-0.05, 0) is 26.0 Å². The molecule has 1 aromatic heterocycles. The summed E-state index contributed by atoms with van der Waals surface area (Å²) in [6, 6.07) is 8.97. The average Bonchev–Trinajstić information content (AvgIpc) is 2.69. The molecule has 1 N–H and O–H groups in total. The molecule has 8 heteroatoms. The van der Waals surface area contributed by atoms with Crippen molar-refractivity contribution in [2.45, 2.75) is 13.8 Å². The number of hydrogen-bond donors (Lipinski definition) is 1. The predicted molar refractivity (Wildman–Crippen MR) is 102 cm³/mol. The van der Waals surface area contributed by atoms with E-state index in [1.807, 2.05) is 25.1 Å². The zero-order chi connectivity index (χ0) is 19.2. The summed E-state index contributed by atoms with van der Waals surface area (Å²) >= 11 is 0. The van der Waals surface area contributed by atoms with Crippen LogP contribution in [0.3, 0.4) is 0 Å². The molecule has 3 rings (SSSR count). The second-order valence-electron chi connectivity index (χ2n) is 6.17. The molecule has 1 aliphatic rings. The van der Waals surface area contributed by atoms with Crippen LogP contribution < -0.4 is 15.0 Å². The third kappa shape index (κ3) is 4.52. The summed E-state index contributed by atoms with van der Waals surface area (Å²) in [6.45, 7) is 6.77. The van der Waals surface area contributed by atoms with Crippen LogP contribution in [0.15, 0.2) is 30.3 Å². The lowest BCUT2D eigenvalue weighted by Crippen LogP contribution is -2.46. The van der Waals surface area contributed by atoms with Crippen LogP contribution in [0.1, 0.15) is 23.2 Å². The third-order valence-corrected chi connectivity index (χ3v) is 4.28. The lowest BCUT2D eigenvalue weighted by Gasteiger charge is -2.33. The first-order chi connectivity index (χ1) is 13.1. The number of nitrogens with one attached hydrogen (secondary N) is 1. The highest BCUT2D eigenvalue weighted by atomic mass is 16.5. The fourth-order valence-corrected chi connectivity index (χ4v) is 2.92. The van der Waals surface area contributed by atoms with Crippen LogP contribution >= 0.6 is 0 Å². The predicted octanol–water partition coefficient (Wildman–Crippen LogP) is 1.71. The molecule has 0 atom stereocenters. The minimum Gasteiger partial charge on any atom is -0.492 e. The van der Waals surface area contributed by atoms with Crippen molar-refractivity contribution in [1.82, 2.24) is 14.9 Å². The molecule has 2 heterocycles. The van der Waals surface area contributed by atoms with Crippen LogP contribution in [0.5, 0.6) is 5.75 Å². The van der Waals surface area contributed by atoms with Crippen molar-refractivity contribution >= 4 is 23.8 Å². The Morgan fingerprint density at radius 2 is 1.96 bits per heavy atom. The van der Waals surface area contributed by atoms with Crippen molar-refractivity contribution in [2.75, 3.05) is 43.0 Å². The maximum atomic E-state index is 12.7. The van der Waals surface area contributed by atoms with Gasteiger partial charge in [-0.15, -0.1) is 0 Å². The van der Waals surface area contributed by atoms with Gasteiger partial charge in [-0.25, -0.2) is 9.97 Å². The number of hydrogen-bond acceptors (Lipinski definition) is 6. The van der Waals surface area contributed by atoms with E-state index < -0.39 is 0 Å². The van der Waals surface area contributed by atoms with Crippen LogP contribution in [0.4, 0.5) is 11.5 Å². The van der Waals surface area contributed by atoms with Crippen molar-refractivity contribution in [3.05, 3.63) is 41.9 Å². The van der Waals surface area contributed by atoms with E-state index in [-0.39, 0.29) is 5.91 Å². The summed E-state index contributed by atoms with van der Waals surface area (Å²) < 4.78 is 5.55. The standard InChI is InChI=1S/C19H23N5O3/c1-3-27-17-7-5-4-6-15(17)22-19(26)16-12-18(21-14(2)20-16)24-10-8-23(13-25)9-11-24/h4-7,12-13H,3,8-11H2,1-2H3,(H,22,26). The molecule has 1 saturated heterocycles. The summed E-state index contributed by atoms with van der Waals surface area (Å²) in [5.41, 5.74) is 0.892. The fourth-order valence-electron chi connectivity index (χ4n) is 2.92. The van der Waals surface area contributed by atoms with Crippen LogP contribution in [0, 0.1) is 6.92 Å².